The van der Waals surface area contributed by atoms with Gasteiger partial charge in [-0.15, -0.1) is 0 Å². The molecule has 3 rings (SSSR count). The molecule has 0 aliphatic heterocycles. The van der Waals surface area contributed by atoms with Crippen LogP contribution in [0.15, 0.2) is 76.7 Å². The zero-order valence-corrected chi connectivity index (χ0v) is 19.6. The Kier molecular flexibility index (Phi) is 7.73. The zero-order valence-electron chi connectivity index (χ0n) is 18.7. The lowest BCUT2D eigenvalue weighted by molar-refractivity contribution is -0.121. The number of hydrogen-bond acceptors (Lipinski definition) is 4. The maximum atomic E-state index is 13.7. The summed E-state index contributed by atoms with van der Waals surface area (Å²) in [5.74, 6) is -1.11. The summed E-state index contributed by atoms with van der Waals surface area (Å²) in [4.78, 5) is 12.8. The first-order valence-corrected chi connectivity index (χ1v) is 11.8. The van der Waals surface area contributed by atoms with E-state index in [1.165, 1.54) is 18.3 Å². The van der Waals surface area contributed by atoms with Crippen LogP contribution < -0.4 is 5.43 Å². The third kappa shape index (κ3) is 6.12. The molecule has 0 aliphatic rings. The summed E-state index contributed by atoms with van der Waals surface area (Å²) in [7, 11) is -4.00. The van der Waals surface area contributed by atoms with E-state index in [0.717, 1.165) is 15.4 Å². The first-order chi connectivity index (χ1) is 15.7. The molecular weight excluding hydrogens is 441 g/mol. The zero-order chi connectivity index (χ0) is 24.0. The van der Waals surface area contributed by atoms with Crippen LogP contribution in [0.1, 0.15) is 27.8 Å². The molecule has 172 valence electrons. The van der Waals surface area contributed by atoms with E-state index in [4.69, 9.17) is 0 Å². The van der Waals surface area contributed by atoms with Crippen molar-refractivity contribution in [3.63, 3.8) is 0 Å². The van der Waals surface area contributed by atoms with Crippen molar-refractivity contribution in [3.05, 3.63) is 100 Å². The molecule has 0 heterocycles. The van der Waals surface area contributed by atoms with Crippen LogP contribution in [-0.4, -0.2) is 31.4 Å². The fraction of sp³-hybridized carbons (Fsp3) is 0.200. The molecule has 0 aromatic heterocycles. The third-order valence-electron chi connectivity index (χ3n) is 5.02. The second-order valence-corrected chi connectivity index (χ2v) is 9.68. The number of carbonyl (C=O) groups is 1. The van der Waals surface area contributed by atoms with E-state index in [-0.39, 0.29) is 17.0 Å². The van der Waals surface area contributed by atoms with Gasteiger partial charge in [0.05, 0.1) is 17.7 Å². The van der Waals surface area contributed by atoms with Crippen molar-refractivity contribution in [2.24, 2.45) is 5.10 Å². The van der Waals surface area contributed by atoms with Crippen LogP contribution in [0, 0.1) is 26.6 Å². The number of nitrogens with one attached hydrogen (secondary N) is 1. The van der Waals surface area contributed by atoms with Gasteiger partial charge in [0, 0.05) is 12.1 Å². The second kappa shape index (κ2) is 10.5. The molecular formula is C25H26FN3O3S. The minimum Gasteiger partial charge on any atom is -0.272 e. The number of carbonyl (C=O) groups excluding carboxylic acids is 1. The van der Waals surface area contributed by atoms with Crippen molar-refractivity contribution in [2.45, 2.75) is 32.2 Å². The van der Waals surface area contributed by atoms with Gasteiger partial charge in [0.25, 0.3) is 5.91 Å². The Morgan fingerprint density at radius 1 is 1.00 bits per heavy atom. The van der Waals surface area contributed by atoms with Crippen LogP contribution in [-0.2, 0) is 21.4 Å². The number of amides is 1. The maximum absolute atomic E-state index is 13.7. The highest BCUT2D eigenvalue weighted by atomic mass is 32.2. The van der Waals surface area contributed by atoms with Gasteiger partial charge in [0.1, 0.15) is 5.82 Å². The van der Waals surface area contributed by atoms with Crippen LogP contribution in [0.5, 0.6) is 0 Å². The Balaban J connectivity index is 1.87. The minimum absolute atomic E-state index is 0.0143. The Bertz CT molecular complexity index is 1250. The second-order valence-electron chi connectivity index (χ2n) is 7.80. The van der Waals surface area contributed by atoms with Gasteiger partial charge in [-0.25, -0.2) is 18.2 Å². The lowest BCUT2D eigenvalue weighted by atomic mass is 10.1. The predicted molar refractivity (Wildman–Crippen MR) is 127 cm³/mol. The number of halogens is 1. The van der Waals surface area contributed by atoms with Gasteiger partial charge < -0.3 is 0 Å². The monoisotopic (exact) mass is 467 g/mol. The molecule has 33 heavy (non-hydrogen) atoms. The molecule has 3 aromatic rings. The molecule has 0 atom stereocenters. The number of aryl methyl sites for hydroxylation is 3. The van der Waals surface area contributed by atoms with Crippen LogP contribution in [0.25, 0.3) is 0 Å². The number of rotatable bonds is 8. The largest absolute Gasteiger partial charge is 0.272 e. The van der Waals surface area contributed by atoms with Crippen LogP contribution >= 0.6 is 0 Å². The van der Waals surface area contributed by atoms with Gasteiger partial charge in [-0.2, -0.15) is 9.41 Å². The molecule has 1 N–H and O–H groups in total. The fourth-order valence-corrected chi connectivity index (χ4v) is 5.46. The summed E-state index contributed by atoms with van der Waals surface area (Å²) in [6.45, 7) is 4.96. The van der Waals surface area contributed by atoms with Crippen molar-refractivity contribution < 1.29 is 17.6 Å². The molecule has 0 saturated heterocycles. The number of hydrazone groups is 1. The highest BCUT2D eigenvalue weighted by molar-refractivity contribution is 7.89. The molecule has 3 aromatic carbocycles. The SMILES string of the molecule is Cc1cc(C)c(S(=O)(=O)N(CC(=O)N/N=C\c2ccccc2F)Cc2ccccc2)c(C)c1. The summed E-state index contributed by atoms with van der Waals surface area (Å²) in [6, 6.07) is 18.6. The Morgan fingerprint density at radius 2 is 1.61 bits per heavy atom. The summed E-state index contributed by atoms with van der Waals surface area (Å²) in [5.41, 5.74) is 5.43. The van der Waals surface area contributed by atoms with Gasteiger partial charge in [0.15, 0.2) is 0 Å². The Morgan fingerprint density at radius 3 is 2.24 bits per heavy atom. The maximum Gasteiger partial charge on any atom is 0.255 e. The van der Waals surface area contributed by atoms with Gasteiger partial charge in [-0.1, -0.05) is 66.2 Å². The van der Waals surface area contributed by atoms with Gasteiger partial charge in [-0.3, -0.25) is 4.79 Å². The first-order valence-electron chi connectivity index (χ1n) is 10.4. The van der Waals surface area contributed by atoms with E-state index in [1.807, 2.05) is 13.0 Å². The van der Waals surface area contributed by atoms with Gasteiger partial charge >= 0.3 is 0 Å². The normalized spacial score (nSPS) is 11.8. The number of sulfonamides is 1. The van der Waals surface area contributed by atoms with E-state index in [9.17, 15) is 17.6 Å². The summed E-state index contributed by atoms with van der Waals surface area (Å²) < 4.78 is 42.1. The molecule has 1 amide bonds. The number of benzene rings is 3. The van der Waals surface area contributed by atoms with Gasteiger partial charge in [0.2, 0.25) is 10.0 Å². The van der Waals surface area contributed by atoms with Crippen molar-refractivity contribution >= 4 is 22.1 Å². The highest BCUT2D eigenvalue weighted by Gasteiger charge is 2.29. The molecule has 0 radical (unpaired) electrons. The highest BCUT2D eigenvalue weighted by Crippen LogP contribution is 2.26. The van der Waals surface area contributed by atoms with E-state index in [2.05, 4.69) is 10.5 Å². The van der Waals surface area contributed by atoms with E-state index in [0.29, 0.717) is 11.1 Å². The van der Waals surface area contributed by atoms with E-state index < -0.39 is 28.3 Å². The fourth-order valence-electron chi connectivity index (χ4n) is 3.66. The van der Waals surface area contributed by atoms with E-state index >= 15 is 0 Å². The summed E-state index contributed by atoms with van der Waals surface area (Å²) in [6.07, 6.45) is 1.18. The topological polar surface area (TPSA) is 78.8 Å². The lowest BCUT2D eigenvalue weighted by Gasteiger charge is -2.24. The standard InChI is InChI=1S/C25H26FN3O3S/c1-18-13-19(2)25(20(3)14-18)33(31,32)29(16-21-9-5-4-6-10-21)17-24(30)28-27-15-22-11-7-8-12-23(22)26/h4-15H,16-17H2,1-3H3,(H,28,30)/b27-15-. The molecule has 0 aliphatic carbocycles. The molecule has 0 unspecified atom stereocenters. The molecule has 8 heteroatoms. The smallest absolute Gasteiger partial charge is 0.255 e. The molecule has 6 nitrogen and oxygen atoms in total. The third-order valence-corrected chi connectivity index (χ3v) is 7.12. The Hall–Kier alpha value is -3.36. The first kappa shape index (κ1) is 24.3. The van der Waals surface area contributed by atoms with Crippen molar-refractivity contribution in [1.29, 1.82) is 0 Å². The van der Waals surface area contributed by atoms with Crippen LogP contribution in [0.2, 0.25) is 0 Å². The van der Waals surface area contributed by atoms with Crippen molar-refractivity contribution in [3.8, 4) is 0 Å². The molecule has 0 spiro atoms. The quantitative estimate of drug-likeness (QED) is 0.400. The average Bonchev–Trinajstić information content (AvgIpc) is 2.74. The lowest BCUT2D eigenvalue weighted by Crippen LogP contribution is -2.39. The number of hydrogen-bond donors (Lipinski definition) is 1. The average molecular weight is 468 g/mol. The molecule has 0 fully saturated rings. The van der Waals surface area contributed by atoms with Gasteiger partial charge in [-0.05, 0) is 43.5 Å². The molecule has 0 bridgehead atoms. The predicted octanol–water partition coefficient (Wildman–Crippen LogP) is 4.09. The van der Waals surface area contributed by atoms with Crippen LogP contribution in [0.4, 0.5) is 4.39 Å². The Labute approximate surface area is 193 Å². The summed E-state index contributed by atoms with van der Waals surface area (Å²) >= 11 is 0. The van der Waals surface area contributed by atoms with Crippen molar-refractivity contribution in [1.82, 2.24) is 9.73 Å². The van der Waals surface area contributed by atoms with Crippen LogP contribution in [0.3, 0.4) is 0 Å². The number of nitrogens with zero attached hydrogens (tertiary/aromatic N) is 2. The van der Waals surface area contributed by atoms with E-state index in [1.54, 1.807) is 62.4 Å². The van der Waals surface area contributed by atoms with Crippen molar-refractivity contribution in [2.75, 3.05) is 6.54 Å². The minimum atomic E-state index is -4.00. The summed E-state index contributed by atoms with van der Waals surface area (Å²) in [5, 5.41) is 3.78. The molecule has 0 saturated carbocycles.